The number of hydrogen-bond donors (Lipinski definition) is 2. The molecule has 0 unspecified atom stereocenters. The van der Waals surface area contributed by atoms with Crippen molar-refractivity contribution in [2.24, 2.45) is 11.7 Å². The molecule has 1 aliphatic carbocycles. The number of hydrogen-bond acceptors (Lipinski definition) is 2. The third-order valence-electron chi connectivity index (χ3n) is 3.11. The molecule has 0 saturated heterocycles. The molecule has 0 amide bonds. The summed E-state index contributed by atoms with van der Waals surface area (Å²) in [6.45, 7) is 0. The van der Waals surface area contributed by atoms with Crippen LogP contribution in [0.15, 0.2) is 12.1 Å². The lowest BCUT2D eigenvalue weighted by Gasteiger charge is -2.31. The predicted octanol–water partition coefficient (Wildman–Crippen LogP) is 2.89. The van der Waals surface area contributed by atoms with Crippen LogP contribution >= 0.6 is 12.4 Å². The van der Waals surface area contributed by atoms with E-state index in [0.29, 0.717) is 0 Å². The van der Waals surface area contributed by atoms with Crippen molar-refractivity contribution < 1.29 is 13.9 Å². The Morgan fingerprint density at radius 1 is 1.25 bits per heavy atom. The fraction of sp³-hybridized carbons (Fsp3) is 0.455. The Labute approximate surface area is 98.9 Å². The Kier molecular flexibility index (Phi) is 4.10. The van der Waals surface area contributed by atoms with Gasteiger partial charge in [-0.25, -0.2) is 8.78 Å². The molecule has 0 bridgehead atoms. The van der Waals surface area contributed by atoms with Gasteiger partial charge in [-0.3, -0.25) is 0 Å². The molecule has 2 rings (SSSR count). The summed E-state index contributed by atoms with van der Waals surface area (Å²) in [5, 5.41) is 9.42. The molecule has 5 heteroatoms. The van der Waals surface area contributed by atoms with Crippen LogP contribution in [0.3, 0.4) is 0 Å². The second kappa shape index (κ2) is 4.97. The smallest absolute Gasteiger partial charge is 0.165 e. The Hall–Kier alpha value is -0.870. The third-order valence-corrected chi connectivity index (χ3v) is 3.11. The molecule has 0 aliphatic heterocycles. The van der Waals surface area contributed by atoms with Gasteiger partial charge >= 0.3 is 0 Å². The van der Waals surface area contributed by atoms with Crippen molar-refractivity contribution >= 4 is 12.4 Å². The highest BCUT2D eigenvalue weighted by molar-refractivity contribution is 5.85. The van der Waals surface area contributed by atoms with Gasteiger partial charge in [0.2, 0.25) is 0 Å². The number of phenols is 1. The highest BCUT2D eigenvalue weighted by Gasteiger charge is 2.30. The number of phenolic OH excluding ortho intramolecular Hbond substituents is 1. The minimum absolute atomic E-state index is 0. The first-order valence-corrected chi connectivity index (χ1v) is 5.03. The largest absolute Gasteiger partial charge is 0.505 e. The lowest BCUT2D eigenvalue weighted by Crippen LogP contribution is -2.27. The van der Waals surface area contributed by atoms with Gasteiger partial charge in [0.05, 0.1) is 0 Å². The second-order valence-electron chi connectivity index (χ2n) is 4.01. The maximum Gasteiger partial charge on any atom is 0.165 e. The highest BCUT2D eigenvalue weighted by atomic mass is 35.5. The van der Waals surface area contributed by atoms with E-state index in [1.165, 1.54) is 0 Å². The molecule has 90 valence electrons. The lowest BCUT2D eigenvalue weighted by atomic mass is 9.77. The topological polar surface area (TPSA) is 46.2 Å². The molecule has 1 aromatic carbocycles. The molecule has 3 N–H and O–H groups in total. The van der Waals surface area contributed by atoms with Gasteiger partial charge in [-0.15, -0.1) is 12.4 Å². The van der Waals surface area contributed by atoms with E-state index in [2.05, 4.69) is 0 Å². The van der Waals surface area contributed by atoms with Crippen LogP contribution in [0, 0.1) is 17.6 Å². The van der Waals surface area contributed by atoms with Crippen LogP contribution in [0.2, 0.25) is 0 Å². The van der Waals surface area contributed by atoms with Crippen molar-refractivity contribution in [3.63, 3.8) is 0 Å². The summed E-state index contributed by atoms with van der Waals surface area (Å²) in [6.07, 6.45) is 2.89. The van der Waals surface area contributed by atoms with E-state index in [-0.39, 0.29) is 23.9 Å². The SMILES string of the molecule is Cl.N[C@H](c1c(F)ccc(F)c1O)C1CCC1. The maximum atomic E-state index is 13.4. The molecular weight excluding hydrogens is 236 g/mol. The lowest BCUT2D eigenvalue weighted by molar-refractivity contribution is 0.254. The molecule has 1 aliphatic rings. The van der Waals surface area contributed by atoms with E-state index in [4.69, 9.17) is 5.73 Å². The summed E-state index contributed by atoms with van der Waals surface area (Å²) < 4.78 is 26.4. The van der Waals surface area contributed by atoms with Gasteiger partial charge in [-0.2, -0.15) is 0 Å². The van der Waals surface area contributed by atoms with Crippen molar-refractivity contribution in [1.82, 2.24) is 0 Å². The summed E-state index contributed by atoms with van der Waals surface area (Å²) in [7, 11) is 0. The Morgan fingerprint density at radius 2 is 1.81 bits per heavy atom. The van der Waals surface area contributed by atoms with E-state index < -0.39 is 23.4 Å². The van der Waals surface area contributed by atoms with Crippen LogP contribution in [0.1, 0.15) is 30.9 Å². The Balaban J connectivity index is 0.00000128. The molecule has 2 nitrogen and oxygen atoms in total. The van der Waals surface area contributed by atoms with Crippen LogP contribution < -0.4 is 5.73 Å². The standard InChI is InChI=1S/C11H13F2NO.ClH/c12-7-4-5-8(13)11(15)9(7)10(14)6-2-1-3-6;/h4-6,10,15H,1-3,14H2;1H/t10-;/m0./s1. The summed E-state index contributed by atoms with van der Waals surface area (Å²) in [5.41, 5.74) is 5.72. The van der Waals surface area contributed by atoms with E-state index in [1.807, 2.05) is 0 Å². The summed E-state index contributed by atoms with van der Waals surface area (Å²) in [4.78, 5) is 0. The molecular formula is C11H14ClF2NO. The average Bonchev–Trinajstić information content (AvgIpc) is 2.09. The minimum atomic E-state index is -0.818. The van der Waals surface area contributed by atoms with Gasteiger partial charge < -0.3 is 10.8 Å². The number of benzene rings is 1. The third kappa shape index (κ3) is 2.13. The molecule has 0 radical (unpaired) electrons. The second-order valence-corrected chi connectivity index (χ2v) is 4.01. The van der Waals surface area contributed by atoms with Gasteiger partial charge in [0.15, 0.2) is 11.6 Å². The van der Waals surface area contributed by atoms with Crippen LogP contribution in [0.25, 0.3) is 0 Å². The zero-order chi connectivity index (χ0) is 11.0. The molecule has 0 spiro atoms. The van der Waals surface area contributed by atoms with Crippen molar-refractivity contribution in [2.75, 3.05) is 0 Å². The molecule has 1 saturated carbocycles. The fourth-order valence-corrected chi connectivity index (χ4v) is 1.91. The summed E-state index contributed by atoms with van der Waals surface area (Å²) in [6, 6.07) is 1.30. The Morgan fingerprint density at radius 3 is 2.31 bits per heavy atom. The summed E-state index contributed by atoms with van der Waals surface area (Å²) in [5.74, 6) is -1.93. The quantitative estimate of drug-likeness (QED) is 0.847. The average molecular weight is 250 g/mol. The monoisotopic (exact) mass is 249 g/mol. The molecule has 1 fully saturated rings. The molecule has 1 aromatic rings. The van der Waals surface area contributed by atoms with Crippen molar-refractivity contribution in [1.29, 1.82) is 0 Å². The first kappa shape index (κ1) is 13.2. The zero-order valence-electron chi connectivity index (χ0n) is 8.62. The molecule has 16 heavy (non-hydrogen) atoms. The Bertz CT molecular complexity index is 382. The number of aromatic hydroxyl groups is 1. The number of nitrogens with two attached hydrogens (primary N) is 1. The highest BCUT2D eigenvalue weighted by Crippen LogP contribution is 2.40. The van der Waals surface area contributed by atoms with Crippen molar-refractivity contribution in [3.05, 3.63) is 29.3 Å². The van der Waals surface area contributed by atoms with Crippen LogP contribution in [-0.4, -0.2) is 5.11 Å². The van der Waals surface area contributed by atoms with E-state index in [1.54, 1.807) is 0 Å². The van der Waals surface area contributed by atoms with Gasteiger partial charge in [-0.1, -0.05) is 6.42 Å². The normalized spacial score (nSPS) is 17.4. The van der Waals surface area contributed by atoms with Gasteiger partial charge in [0, 0.05) is 11.6 Å². The van der Waals surface area contributed by atoms with Crippen molar-refractivity contribution in [3.8, 4) is 5.75 Å². The minimum Gasteiger partial charge on any atom is -0.505 e. The van der Waals surface area contributed by atoms with E-state index in [9.17, 15) is 13.9 Å². The molecule has 1 atom stereocenters. The maximum absolute atomic E-state index is 13.4. The van der Waals surface area contributed by atoms with Gasteiger partial charge in [0.1, 0.15) is 5.82 Å². The molecule has 0 heterocycles. The zero-order valence-corrected chi connectivity index (χ0v) is 9.44. The van der Waals surface area contributed by atoms with Gasteiger partial charge in [0.25, 0.3) is 0 Å². The van der Waals surface area contributed by atoms with Crippen molar-refractivity contribution in [2.45, 2.75) is 25.3 Å². The fourth-order valence-electron chi connectivity index (χ4n) is 1.91. The first-order valence-electron chi connectivity index (χ1n) is 5.03. The van der Waals surface area contributed by atoms with Gasteiger partial charge in [-0.05, 0) is 30.9 Å². The first-order chi connectivity index (χ1) is 7.11. The molecule has 0 aromatic heterocycles. The van der Waals surface area contributed by atoms with Crippen LogP contribution in [-0.2, 0) is 0 Å². The predicted molar refractivity (Wildman–Crippen MR) is 59.5 cm³/mol. The summed E-state index contributed by atoms with van der Waals surface area (Å²) >= 11 is 0. The number of rotatable bonds is 2. The number of halogens is 3. The van der Waals surface area contributed by atoms with Crippen LogP contribution in [0.4, 0.5) is 8.78 Å². The van der Waals surface area contributed by atoms with E-state index >= 15 is 0 Å². The van der Waals surface area contributed by atoms with E-state index in [0.717, 1.165) is 31.4 Å². The van der Waals surface area contributed by atoms with Crippen LogP contribution in [0.5, 0.6) is 5.75 Å².